The molecule has 0 fully saturated rings. The lowest BCUT2D eigenvalue weighted by molar-refractivity contribution is 0.100. The summed E-state index contributed by atoms with van der Waals surface area (Å²) in [6, 6.07) is 37.4. The van der Waals surface area contributed by atoms with E-state index in [1.165, 1.54) is 0 Å². The van der Waals surface area contributed by atoms with Gasteiger partial charge in [-0.15, -0.1) is 0 Å². The van der Waals surface area contributed by atoms with E-state index in [1.54, 1.807) is 13.8 Å². The predicted molar refractivity (Wildman–Crippen MR) is 196 cm³/mol. The van der Waals surface area contributed by atoms with Crippen molar-refractivity contribution >= 4 is 39.2 Å². The molecular formula is C43H30N4O2. The average molecular weight is 635 g/mol. The molecule has 6 heteroatoms. The number of hydrogen-bond acceptors (Lipinski definition) is 6. The third-order valence-corrected chi connectivity index (χ3v) is 8.88. The zero-order chi connectivity index (χ0) is 33.5. The molecule has 2 aromatic heterocycles. The third-order valence-electron chi connectivity index (χ3n) is 8.88. The van der Waals surface area contributed by atoms with Gasteiger partial charge in [0.2, 0.25) is 0 Å². The van der Waals surface area contributed by atoms with E-state index in [4.69, 9.17) is 19.9 Å². The fourth-order valence-corrected chi connectivity index (χ4v) is 6.23. The minimum atomic E-state index is 0.0193. The van der Waals surface area contributed by atoms with Gasteiger partial charge in [0.05, 0.1) is 44.8 Å². The molecule has 8 rings (SSSR count). The molecule has 6 nitrogen and oxygen atoms in total. The minimum Gasteiger partial charge on any atom is -0.295 e. The highest BCUT2D eigenvalue weighted by molar-refractivity contribution is 5.96. The molecular weight excluding hydrogens is 604 g/mol. The van der Waals surface area contributed by atoms with Gasteiger partial charge in [0.1, 0.15) is 0 Å². The van der Waals surface area contributed by atoms with Crippen molar-refractivity contribution in [3.63, 3.8) is 0 Å². The van der Waals surface area contributed by atoms with E-state index >= 15 is 0 Å². The van der Waals surface area contributed by atoms with E-state index in [2.05, 4.69) is 42.5 Å². The number of aromatic nitrogens is 4. The second-order valence-electron chi connectivity index (χ2n) is 12.2. The number of benzene rings is 5. The number of carbonyl (C=O) groups is 2. The van der Waals surface area contributed by atoms with Gasteiger partial charge in [0, 0.05) is 27.8 Å². The first kappa shape index (κ1) is 30.0. The Morgan fingerprint density at radius 2 is 0.898 bits per heavy atom. The van der Waals surface area contributed by atoms with E-state index in [0.29, 0.717) is 11.1 Å². The minimum absolute atomic E-state index is 0.0193. The summed E-state index contributed by atoms with van der Waals surface area (Å²) in [4.78, 5) is 44.4. The Hall–Kier alpha value is -6.40. The fraction of sp³-hybridized carbons (Fsp3) is 0.0698. The van der Waals surface area contributed by atoms with Crippen molar-refractivity contribution in [3.8, 4) is 44.9 Å². The maximum Gasteiger partial charge on any atom is 0.159 e. The van der Waals surface area contributed by atoms with E-state index < -0.39 is 0 Å². The zero-order valence-electron chi connectivity index (χ0n) is 27.0. The largest absolute Gasteiger partial charge is 0.295 e. The maximum absolute atomic E-state index is 12.0. The number of rotatable bonds is 7. The molecule has 0 bridgehead atoms. The number of nitrogens with zero attached hydrogens (tertiary/aromatic N) is 4. The first-order valence-electron chi connectivity index (χ1n) is 16.2. The van der Waals surface area contributed by atoms with Crippen LogP contribution in [0.15, 0.2) is 133 Å². The van der Waals surface area contributed by atoms with Gasteiger partial charge < -0.3 is 0 Å². The second kappa shape index (κ2) is 12.3. The molecule has 49 heavy (non-hydrogen) atoms. The summed E-state index contributed by atoms with van der Waals surface area (Å²) in [6.45, 7) is 3.14. The van der Waals surface area contributed by atoms with Crippen LogP contribution >= 0.6 is 0 Å². The van der Waals surface area contributed by atoms with Crippen LogP contribution in [0.2, 0.25) is 0 Å². The molecule has 0 radical (unpaired) electrons. The lowest BCUT2D eigenvalue weighted by Crippen LogP contribution is -1.99. The summed E-state index contributed by atoms with van der Waals surface area (Å²) in [7, 11) is 0. The first-order valence-corrected chi connectivity index (χ1v) is 16.2. The molecule has 1 aliphatic carbocycles. The molecule has 234 valence electrons. The van der Waals surface area contributed by atoms with E-state index in [9.17, 15) is 9.59 Å². The van der Waals surface area contributed by atoms with Crippen molar-refractivity contribution in [2.45, 2.75) is 20.3 Å². The van der Waals surface area contributed by atoms with Gasteiger partial charge in [-0.3, -0.25) is 9.59 Å². The monoisotopic (exact) mass is 634 g/mol. The van der Waals surface area contributed by atoms with Crippen LogP contribution in [0, 0.1) is 0 Å². The van der Waals surface area contributed by atoms with Crippen LogP contribution in [0.4, 0.5) is 0 Å². The molecule has 7 aromatic rings. The molecule has 5 aromatic carbocycles. The smallest absolute Gasteiger partial charge is 0.159 e. The second-order valence-corrected chi connectivity index (χ2v) is 12.2. The number of allylic oxidation sites excluding steroid dienone is 4. The topological polar surface area (TPSA) is 85.7 Å². The van der Waals surface area contributed by atoms with Crippen molar-refractivity contribution in [1.29, 1.82) is 0 Å². The van der Waals surface area contributed by atoms with Crippen LogP contribution in [0.1, 0.15) is 46.7 Å². The molecule has 1 aliphatic rings. The first-order chi connectivity index (χ1) is 23.9. The quantitative estimate of drug-likeness (QED) is 0.162. The van der Waals surface area contributed by atoms with Crippen molar-refractivity contribution in [2.24, 2.45) is 0 Å². The van der Waals surface area contributed by atoms with E-state index in [1.807, 2.05) is 91.0 Å². The summed E-state index contributed by atoms with van der Waals surface area (Å²) in [6.07, 6.45) is 7.22. The van der Waals surface area contributed by atoms with E-state index in [0.717, 1.165) is 84.7 Å². The normalized spacial score (nSPS) is 12.4. The lowest BCUT2D eigenvalue weighted by atomic mass is 10.00. The highest BCUT2D eigenvalue weighted by Crippen LogP contribution is 2.35. The molecule has 0 aliphatic heterocycles. The van der Waals surface area contributed by atoms with Gasteiger partial charge in [-0.25, -0.2) is 19.9 Å². The van der Waals surface area contributed by atoms with Crippen molar-refractivity contribution in [3.05, 3.63) is 150 Å². The van der Waals surface area contributed by atoms with Crippen molar-refractivity contribution in [1.82, 2.24) is 19.9 Å². The molecule has 0 amide bonds. The fourth-order valence-electron chi connectivity index (χ4n) is 6.23. The van der Waals surface area contributed by atoms with Gasteiger partial charge in [-0.2, -0.15) is 0 Å². The standard InChI is InChI=1S/C43H30N4O2/c1-26(48)28-12-16-32(17-13-28)42-40(30-8-4-3-5-9-30)44-36-22-20-34(24-38(36)46-42)35-21-23-37-39(25-35)47-43(41(45-37)31-10-6-7-11-31)33-18-14-29(15-19-33)27(2)49/h3-6,8-25H,7H2,1-2H3. The van der Waals surface area contributed by atoms with Gasteiger partial charge in [0.25, 0.3) is 0 Å². The summed E-state index contributed by atoms with van der Waals surface area (Å²) in [5, 5.41) is 0. The van der Waals surface area contributed by atoms with Crippen LogP contribution in [-0.2, 0) is 0 Å². The average Bonchev–Trinajstić information content (AvgIpc) is 3.69. The molecule has 0 atom stereocenters. The number of Topliss-reactive ketones (excluding diaryl/α,β-unsaturated/α-hetero) is 2. The Balaban J connectivity index is 1.25. The van der Waals surface area contributed by atoms with E-state index in [-0.39, 0.29) is 11.6 Å². The Labute approximate surface area is 283 Å². The summed E-state index contributed by atoms with van der Waals surface area (Å²) >= 11 is 0. The maximum atomic E-state index is 12.0. The van der Waals surface area contributed by atoms with Crippen molar-refractivity contribution in [2.75, 3.05) is 0 Å². The molecule has 0 saturated carbocycles. The number of hydrogen-bond donors (Lipinski definition) is 0. The molecule has 0 saturated heterocycles. The Kier molecular flexibility index (Phi) is 7.54. The van der Waals surface area contributed by atoms with Gasteiger partial charge in [-0.1, -0.05) is 109 Å². The Bertz CT molecular complexity index is 2500. The van der Waals surface area contributed by atoms with Crippen LogP contribution in [0.3, 0.4) is 0 Å². The Morgan fingerprint density at radius 3 is 1.37 bits per heavy atom. The van der Waals surface area contributed by atoms with Gasteiger partial charge in [-0.05, 0) is 61.2 Å². The van der Waals surface area contributed by atoms with Gasteiger partial charge in [0.15, 0.2) is 11.6 Å². The molecule has 0 N–H and O–H groups in total. The highest BCUT2D eigenvalue weighted by Gasteiger charge is 2.18. The number of fused-ring (bicyclic) bond motifs is 2. The Morgan fingerprint density at radius 1 is 0.469 bits per heavy atom. The third kappa shape index (κ3) is 5.74. The zero-order valence-corrected chi connectivity index (χ0v) is 27.0. The summed E-state index contributed by atoms with van der Waals surface area (Å²) < 4.78 is 0. The highest BCUT2D eigenvalue weighted by atomic mass is 16.1. The molecule has 0 spiro atoms. The van der Waals surface area contributed by atoms with Crippen LogP contribution in [0.25, 0.3) is 72.5 Å². The molecule has 2 heterocycles. The predicted octanol–water partition coefficient (Wildman–Crippen LogP) is 9.99. The van der Waals surface area contributed by atoms with Gasteiger partial charge >= 0.3 is 0 Å². The van der Waals surface area contributed by atoms with Crippen LogP contribution in [0.5, 0.6) is 0 Å². The van der Waals surface area contributed by atoms with Crippen molar-refractivity contribution < 1.29 is 9.59 Å². The number of carbonyl (C=O) groups excluding carboxylic acids is 2. The lowest BCUT2D eigenvalue weighted by Gasteiger charge is -2.13. The molecule has 0 unspecified atom stereocenters. The summed E-state index contributed by atoms with van der Waals surface area (Å²) in [5.74, 6) is 0.0441. The van der Waals surface area contributed by atoms with Crippen LogP contribution in [-0.4, -0.2) is 31.5 Å². The number of ketones is 2. The SMILES string of the molecule is CC(=O)c1ccc(-c2nc3cc(-c4ccc5nc(-c6ccccc6)c(-c6ccc(C(C)=O)cc6)nc5c4)ccc3nc2C2=CCC=C2)cc1. The summed E-state index contributed by atoms with van der Waals surface area (Å²) in [5.41, 5.74) is 13.3. The van der Waals surface area contributed by atoms with Crippen LogP contribution < -0.4 is 0 Å².